The number of carbonyl (C=O) groups excluding carboxylic acids is 1. The average molecular weight is 208 g/mol. The minimum absolute atomic E-state index is 0. The Hall–Kier alpha value is -0.0600. The van der Waals surface area contributed by atoms with Gasteiger partial charge in [-0.3, -0.25) is 0 Å². The predicted molar refractivity (Wildman–Crippen MR) is 43.4 cm³/mol. The largest absolute Gasteiger partial charge is 1.00 e. The van der Waals surface area contributed by atoms with E-state index in [2.05, 4.69) is 0 Å². The standard InChI is InChI=1S/C8H8ClNO2.Na/c9-6-3-1-5(2-4-6)7(10)8(11)12;/h1-4,7H,10H2,(H,11,12);/q;+1/p-1/t7-;/m0./s1. The van der Waals surface area contributed by atoms with Gasteiger partial charge in [0.2, 0.25) is 0 Å². The number of benzene rings is 1. The molecule has 0 radical (unpaired) electrons. The first kappa shape index (κ1) is 12.9. The molecule has 64 valence electrons. The van der Waals surface area contributed by atoms with E-state index in [9.17, 15) is 9.90 Å². The van der Waals surface area contributed by atoms with Gasteiger partial charge in [-0.2, -0.15) is 0 Å². The summed E-state index contributed by atoms with van der Waals surface area (Å²) < 4.78 is 0. The summed E-state index contributed by atoms with van der Waals surface area (Å²) in [4.78, 5) is 10.3. The van der Waals surface area contributed by atoms with Crippen LogP contribution in [-0.4, -0.2) is 5.97 Å². The molecule has 0 unspecified atom stereocenters. The molecule has 1 aromatic carbocycles. The summed E-state index contributed by atoms with van der Waals surface area (Å²) in [6.45, 7) is 0. The fourth-order valence-corrected chi connectivity index (χ4v) is 0.932. The molecule has 3 nitrogen and oxygen atoms in total. The molecule has 0 saturated carbocycles. The molecule has 13 heavy (non-hydrogen) atoms. The van der Waals surface area contributed by atoms with Crippen molar-refractivity contribution >= 4 is 17.6 Å². The Labute approximate surface area is 103 Å². The SMILES string of the molecule is N[C@H](C(=O)[O-])c1ccc(Cl)cc1.[Na+]. The molecule has 1 atom stereocenters. The maximum absolute atomic E-state index is 10.3. The Morgan fingerprint density at radius 2 is 1.85 bits per heavy atom. The monoisotopic (exact) mass is 207 g/mol. The van der Waals surface area contributed by atoms with Crippen LogP contribution in [0.4, 0.5) is 0 Å². The molecule has 0 aliphatic carbocycles. The smallest absolute Gasteiger partial charge is 0.548 e. The Bertz CT molecular complexity index is 289. The molecule has 0 spiro atoms. The quantitative estimate of drug-likeness (QED) is 0.529. The average Bonchev–Trinajstić information content (AvgIpc) is 2.04. The van der Waals surface area contributed by atoms with E-state index in [1.54, 1.807) is 24.3 Å². The normalized spacial score (nSPS) is 11.5. The van der Waals surface area contributed by atoms with Gasteiger partial charge in [-0.1, -0.05) is 23.7 Å². The van der Waals surface area contributed by atoms with Gasteiger partial charge < -0.3 is 15.6 Å². The first-order chi connectivity index (χ1) is 5.61. The molecule has 0 amide bonds. The van der Waals surface area contributed by atoms with Crippen molar-refractivity contribution in [3.05, 3.63) is 34.9 Å². The molecular weight excluding hydrogens is 201 g/mol. The summed E-state index contributed by atoms with van der Waals surface area (Å²) in [5.41, 5.74) is 5.77. The van der Waals surface area contributed by atoms with Crippen molar-refractivity contribution in [2.75, 3.05) is 0 Å². The summed E-state index contributed by atoms with van der Waals surface area (Å²) in [5, 5.41) is 10.9. The molecule has 0 fully saturated rings. The van der Waals surface area contributed by atoms with E-state index in [4.69, 9.17) is 17.3 Å². The summed E-state index contributed by atoms with van der Waals surface area (Å²) in [6.07, 6.45) is 0. The number of aliphatic carboxylic acids is 1. The van der Waals surface area contributed by atoms with Crippen molar-refractivity contribution in [1.82, 2.24) is 0 Å². The minimum Gasteiger partial charge on any atom is -0.548 e. The number of rotatable bonds is 2. The van der Waals surface area contributed by atoms with Crippen molar-refractivity contribution < 1.29 is 39.5 Å². The number of carboxylic acids is 1. The van der Waals surface area contributed by atoms with E-state index in [0.29, 0.717) is 10.6 Å². The molecular formula is C8H7ClNNaO2. The van der Waals surface area contributed by atoms with Gasteiger partial charge in [0.15, 0.2) is 0 Å². The summed E-state index contributed by atoms with van der Waals surface area (Å²) in [6, 6.07) is 5.20. The van der Waals surface area contributed by atoms with E-state index in [0.717, 1.165) is 0 Å². The van der Waals surface area contributed by atoms with Gasteiger partial charge in [-0.05, 0) is 17.7 Å². The van der Waals surface area contributed by atoms with Crippen LogP contribution in [0.2, 0.25) is 5.02 Å². The van der Waals surface area contributed by atoms with E-state index in [1.165, 1.54) is 0 Å². The number of hydrogen-bond donors (Lipinski definition) is 1. The van der Waals surface area contributed by atoms with Gasteiger partial charge in [0, 0.05) is 5.02 Å². The zero-order chi connectivity index (χ0) is 9.14. The van der Waals surface area contributed by atoms with Crippen molar-refractivity contribution in [3.8, 4) is 0 Å². The minimum atomic E-state index is -1.29. The third kappa shape index (κ3) is 3.67. The van der Waals surface area contributed by atoms with Crippen molar-refractivity contribution in [2.24, 2.45) is 5.73 Å². The molecule has 1 rings (SSSR count). The van der Waals surface area contributed by atoms with Gasteiger partial charge >= 0.3 is 29.6 Å². The van der Waals surface area contributed by atoms with Crippen molar-refractivity contribution in [2.45, 2.75) is 6.04 Å². The van der Waals surface area contributed by atoms with Crippen LogP contribution in [-0.2, 0) is 4.79 Å². The Kier molecular flexibility index (Phi) is 5.60. The molecule has 5 heteroatoms. The number of nitrogens with two attached hydrogens (primary N) is 1. The van der Waals surface area contributed by atoms with E-state index >= 15 is 0 Å². The fraction of sp³-hybridized carbons (Fsp3) is 0.125. The van der Waals surface area contributed by atoms with Gasteiger partial charge in [0.05, 0.1) is 12.0 Å². The third-order valence-electron chi connectivity index (χ3n) is 1.48. The zero-order valence-electron chi connectivity index (χ0n) is 7.16. The van der Waals surface area contributed by atoms with Crippen LogP contribution in [0.3, 0.4) is 0 Å². The predicted octanol–water partition coefficient (Wildman–Crippen LogP) is -2.91. The van der Waals surface area contributed by atoms with Crippen molar-refractivity contribution in [1.29, 1.82) is 0 Å². The second-order valence-corrected chi connectivity index (χ2v) is 2.78. The molecule has 0 bridgehead atoms. The number of hydrogen-bond acceptors (Lipinski definition) is 3. The van der Waals surface area contributed by atoms with Crippen LogP contribution in [0, 0.1) is 0 Å². The zero-order valence-corrected chi connectivity index (χ0v) is 9.91. The van der Waals surface area contributed by atoms with E-state index in [-0.39, 0.29) is 29.6 Å². The van der Waals surface area contributed by atoms with Gasteiger partial charge in [0.25, 0.3) is 0 Å². The fourth-order valence-electron chi connectivity index (χ4n) is 0.806. The molecule has 0 saturated heterocycles. The number of carbonyl (C=O) groups is 1. The number of halogens is 1. The first-order valence-electron chi connectivity index (χ1n) is 3.33. The summed E-state index contributed by atoms with van der Waals surface area (Å²) >= 11 is 5.59. The van der Waals surface area contributed by atoms with Crippen LogP contribution in [0.5, 0.6) is 0 Å². The summed E-state index contributed by atoms with van der Waals surface area (Å²) in [5.74, 6) is -1.29. The molecule has 0 aliphatic heterocycles. The van der Waals surface area contributed by atoms with Crippen LogP contribution >= 0.6 is 11.6 Å². The van der Waals surface area contributed by atoms with Gasteiger partial charge in [0.1, 0.15) is 0 Å². The van der Waals surface area contributed by atoms with E-state index < -0.39 is 12.0 Å². The maximum Gasteiger partial charge on any atom is 1.00 e. The Morgan fingerprint density at radius 3 is 2.23 bits per heavy atom. The third-order valence-corrected chi connectivity index (χ3v) is 1.74. The maximum atomic E-state index is 10.3. The van der Waals surface area contributed by atoms with Gasteiger partial charge in [-0.25, -0.2) is 0 Å². The molecule has 2 N–H and O–H groups in total. The van der Waals surface area contributed by atoms with Crippen LogP contribution in [0.15, 0.2) is 24.3 Å². The summed E-state index contributed by atoms with van der Waals surface area (Å²) in [7, 11) is 0. The van der Waals surface area contributed by atoms with Crippen molar-refractivity contribution in [3.63, 3.8) is 0 Å². The number of carboxylic acid groups (broad SMARTS) is 1. The van der Waals surface area contributed by atoms with Crippen LogP contribution in [0.1, 0.15) is 11.6 Å². The topological polar surface area (TPSA) is 66.2 Å². The van der Waals surface area contributed by atoms with Gasteiger partial charge in [-0.15, -0.1) is 0 Å². The van der Waals surface area contributed by atoms with E-state index in [1.807, 2.05) is 0 Å². The first-order valence-corrected chi connectivity index (χ1v) is 3.71. The molecule has 0 heterocycles. The Balaban J connectivity index is 0.00000144. The Morgan fingerprint density at radius 1 is 1.38 bits per heavy atom. The molecule has 0 aromatic heterocycles. The second-order valence-electron chi connectivity index (χ2n) is 2.35. The van der Waals surface area contributed by atoms with Crippen LogP contribution in [0.25, 0.3) is 0 Å². The van der Waals surface area contributed by atoms with Crippen LogP contribution < -0.4 is 40.4 Å². The molecule has 0 aliphatic rings. The second kappa shape index (κ2) is 5.62. The molecule has 1 aromatic rings.